The number of nitrogens with two attached hydrogens (primary N) is 1. The van der Waals surface area contributed by atoms with Crippen LogP contribution >= 0.6 is 0 Å². The molecule has 0 spiro atoms. The van der Waals surface area contributed by atoms with Crippen molar-refractivity contribution in [2.75, 3.05) is 6.61 Å². The fourth-order valence-electron chi connectivity index (χ4n) is 3.78. The summed E-state index contributed by atoms with van der Waals surface area (Å²) in [5.74, 6) is -2.42. The summed E-state index contributed by atoms with van der Waals surface area (Å²) < 4.78 is 7.40. The topological polar surface area (TPSA) is 140 Å². The highest BCUT2D eigenvalue weighted by Gasteiger charge is 2.30. The van der Waals surface area contributed by atoms with E-state index in [0.717, 1.165) is 11.3 Å². The molecule has 0 unspecified atom stereocenters. The van der Waals surface area contributed by atoms with Gasteiger partial charge < -0.3 is 14.9 Å². The molecule has 1 aromatic carbocycles. The van der Waals surface area contributed by atoms with Crippen molar-refractivity contribution in [3.05, 3.63) is 64.6 Å². The van der Waals surface area contributed by atoms with Crippen molar-refractivity contribution in [2.24, 2.45) is 11.7 Å². The first-order valence-electron chi connectivity index (χ1n) is 10.4. The minimum atomic E-state index is -1.09. The van der Waals surface area contributed by atoms with Gasteiger partial charge in [-0.05, 0) is 30.4 Å². The number of ether oxygens (including phenoxy) is 1. The summed E-state index contributed by atoms with van der Waals surface area (Å²) in [6, 6.07) is 9.73. The lowest BCUT2D eigenvalue weighted by Gasteiger charge is -2.11. The third-order valence-corrected chi connectivity index (χ3v) is 5.03. The molecule has 9 heteroatoms. The minimum Gasteiger partial charge on any atom is -0.466 e. The molecule has 2 aromatic heterocycles. The number of nitrogens with one attached hydrogen (secondary N) is 1. The van der Waals surface area contributed by atoms with Gasteiger partial charge in [0.2, 0.25) is 5.88 Å². The smallest absolute Gasteiger partial charge is 0.289 e. The van der Waals surface area contributed by atoms with Crippen LogP contribution in [0.5, 0.6) is 5.88 Å². The number of nitriles is 1. The molecule has 0 saturated carbocycles. The maximum atomic E-state index is 13.0. The lowest BCUT2D eigenvalue weighted by atomic mass is 9.94. The van der Waals surface area contributed by atoms with E-state index in [1.807, 2.05) is 49.5 Å². The monoisotopic (exact) mass is 447 g/mol. The molecule has 3 rings (SSSR count). The molecule has 0 aliphatic carbocycles. The van der Waals surface area contributed by atoms with Gasteiger partial charge in [-0.25, -0.2) is 4.98 Å². The van der Waals surface area contributed by atoms with Gasteiger partial charge in [-0.2, -0.15) is 5.26 Å². The number of aromatic nitrogens is 2. The first-order valence-corrected chi connectivity index (χ1v) is 10.4. The summed E-state index contributed by atoms with van der Waals surface area (Å²) in [7, 11) is 0. The maximum absolute atomic E-state index is 13.0. The zero-order valence-corrected chi connectivity index (χ0v) is 18.7. The third kappa shape index (κ3) is 5.18. The molecule has 0 bridgehead atoms. The number of carbonyl (C=O) groups is 3. The van der Waals surface area contributed by atoms with Crippen molar-refractivity contribution in [2.45, 2.75) is 33.6 Å². The van der Waals surface area contributed by atoms with E-state index in [2.05, 4.69) is 4.98 Å². The minimum absolute atomic E-state index is 0.0111. The summed E-state index contributed by atoms with van der Waals surface area (Å²) in [4.78, 5) is 41.1. The number of ketones is 1. The van der Waals surface area contributed by atoms with Crippen molar-refractivity contribution in [3.8, 4) is 12.1 Å². The van der Waals surface area contributed by atoms with Crippen molar-refractivity contribution in [1.29, 1.82) is 5.26 Å². The Labute approximate surface area is 191 Å². The number of primary amides is 1. The average Bonchev–Trinajstić information content (AvgIpc) is 3.04. The van der Waals surface area contributed by atoms with Crippen molar-refractivity contribution in [1.82, 2.24) is 14.7 Å². The molecular weight excluding hydrogens is 422 g/mol. The molecule has 2 heterocycles. The van der Waals surface area contributed by atoms with Gasteiger partial charge in [0.15, 0.2) is 12.8 Å². The van der Waals surface area contributed by atoms with E-state index in [1.54, 1.807) is 17.5 Å². The fraction of sp³-hybridized carbons (Fsp3) is 0.292. The summed E-state index contributed by atoms with van der Waals surface area (Å²) in [5.41, 5.74) is 8.91. The average molecular weight is 447 g/mol. The number of hydrogen-bond acceptors (Lipinski definition) is 6. The van der Waals surface area contributed by atoms with Crippen LogP contribution < -0.4 is 15.8 Å². The van der Waals surface area contributed by atoms with Crippen LogP contribution in [0.25, 0.3) is 5.52 Å². The molecule has 0 aliphatic rings. The number of carbonyl (C=O) groups excluding carboxylic acids is 3. The van der Waals surface area contributed by atoms with E-state index in [4.69, 9.17) is 15.7 Å². The molecule has 0 atom stereocenters. The molecular formula is C24H25N5O4. The molecule has 0 fully saturated rings. The lowest BCUT2D eigenvalue weighted by molar-refractivity contribution is -0.122. The van der Waals surface area contributed by atoms with E-state index in [0.29, 0.717) is 24.1 Å². The SMILES string of the molecule is Cc1cn2c(Cc3ccccc3)c(CC(C)C)c(C(=O)C(N)=O)c2c(OCC(=O)NC#N)n1. The number of benzene rings is 1. The normalized spacial score (nSPS) is 10.8. The van der Waals surface area contributed by atoms with Gasteiger partial charge in [-0.15, -0.1) is 0 Å². The molecule has 0 aliphatic heterocycles. The van der Waals surface area contributed by atoms with Gasteiger partial charge >= 0.3 is 0 Å². The van der Waals surface area contributed by atoms with Crippen molar-refractivity contribution >= 4 is 23.1 Å². The Morgan fingerprint density at radius 3 is 2.55 bits per heavy atom. The number of rotatable bonds is 9. The zero-order chi connectivity index (χ0) is 24.1. The van der Waals surface area contributed by atoms with Gasteiger partial charge in [0, 0.05) is 18.3 Å². The predicted molar refractivity (Wildman–Crippen MR) is 120 cm³/mol. The molecule has 3 N–H and O–H groups in total. The van der Waals surface area contributed by atoms with E-state index < -0.39 is 24.2 Å². The molecule has 0 saturated heterocycles. The van der Waals surface area contributed by atoms with Crippen LogP contribution in [0.3, 0.4) is 0 Å². The zero-order valence-electron chi connectivity index (χ0n) is 18.7. The van der Waals surface area contributed by atoms with Gasteiger partial charge in [0.05, 0.1) is 11.3 Å². The second-order valence-corrected chi connectivity index (χ2v) is 8.11. The first kappa shape index (κ1) is 23.5. The van der Waals surface area contributed by atoms with Gasteiger partial charge in [-0.3, -0.25) is 19.7 Å². The molecule has 33 heavy (non-hydrogen) atoms. The molecule has 170 valence electrons. The Kier molecular flexibility index (Phi) is 7.08. The van der Waals surface area contributed by atoms with Crippen LogP contribution in [0.1, 0.15) is 46.7 Å². The standard InChI is InChI=1S/C24H25N5O4/c1-14(2)9-17-18(10-16-7-5-4-6-8-16)29-11-15(3)28-24(33-12-19(30)27-13-25)21(29)20(17)22(31)23(26)32/h4-8,11,14H,9-10,12H2,1-3H3,(H2,26,32)(H,27,30). The van der Waals surface area contributed by atoms with Crippen molar-refractivity contribution in [3.63, 3.8) is 0 Å². The second kappa shape index (κ2) is 9.96. The maximum Gasteiger partial charge on any atom is 0.289 e. The molecule has 9 nitrogen and oxygen atoms in total. The number of fused-ring (bicyclic) bond motifs is 1. The number of Topliss-reactive ketones (excluding diaryl/α,β-unsaturated/α-hetero) is 1. The van der Waals surface area contributed by atoms with Crippen molar-refractivity contribution < 1.29 is 19.1 Å². The van der Waals surface area contributed by atoms with Gasteiger partial charge in [-0.1, -0.05) is 44.2 Å². The van der Waals surface area contributed by atoms with Gasteiger partial charge in [0.1, 0.15) is 5.52 Å². The Balaban J connectivity index is 2.31. The van der Waals surface area contributed by atoms with Crippen LogP contribution in [0.4, 0.5) is 0 Å². The third-order valence-electron chi connectivity index (χ3n) is 5.03. The number of aryl methyl sites for hydroxylation is 1. The lowest BCUT2D eigenvalue weighted by Crippen LogP contribution is -2.26. The second-order valence-electron chi connectivity index (χ2n) is 8.11. The van der Waals surface area contributed by atoms with E-state index in [1.165, 1.54) is 6.19 Å². The van der Waals surface area contributed by atoms with Crippen LogP contribution in [-0.2, 0) is 22.4 Å². The predicted octanol–water partition coefficient (Wildman–Crippen LogP) is 2.08. The quantitative estimate of drug-likeness (QED) is 0.223. The van der Waals surface area contributed by atoms with Gasteiger partial charge in [0.25, 0.3) is 17.6 Å². The molecule has 0 radical (unpaired) electrons. The Hall–Kier alpha value is -4.19. The van der Waals surface area contributed by atoms with Crippen LogP contribution in [0, 0.1) is 24.3 Å². The Morgan fingerprint density at radius 1 is 1.24 bits per heavy atom. The number of amides is 2. The summed E-state index contributed by atoms with van der Waals surface area (Å²) in [5, 5.41) is 10.6. The fourth-order valence-corrected chi connectivity index (χ4v) is 3.78. The molecule has 3 aromatic rings. The van der Waals surface area contributed by atoms with Crippen LogP contribution in [-0.4, -0.2) is 33.6 Å². The summed E-state index contributed by atoms with van der Waals surface area (Å²) in [6.07, 6.45) is 4.31. The van der Waals surface area contributed by atoms with E-state index >= 15 is 0 Å². The Morgan fingerprint density at radius 2 is 1.94 bits per heavy atom. The summed E-state index contributed by atoms with van der Waals surface area (Å²) >= 11 is 0. The highest BCUT2D eigenvalue weighted by Crippen LogP contribution is 2.33. The number of nitrogens with zero attached hydrogens (tertiary/aromatic N) is 3. The summed E-state index contributed by atoms with van der Waals surface area (Å²) in [6.45, 7) is 5.30. The molecule has 2 amide bonds. The van der Waals surface area contributed by atoms with Crippen LogP contribution in [0.15, 0.2) is 36.5 Å². The highest BCUT2D eigenvalue weighted by molar-refractivity contribution is 6.44. The van der Waals surface area contributed by atoms with E-state index in [9.17, 15) is 14.4 Å². The Bertz CT molecular complexity index is 1260. The van der Waals surface area contributed by atoms with Crippen LogP contribution in [0.2, 0.25) is 0 Å². The largest absolute Gasteiger partial charge is 0.466 e. The van der Waals surface area contributed by atoms with E-state index in [-0.39, 0.29) is 22.9 Å². The highest BCUT2D eigenvalue weighted by atomic mass is 16.5. The number of hydrogen-bond donors (Lipinski definition) is 2. The first-order chi connectivity index (χ1) is 15.7.